The Kier molecular flexibility index (Phi) is 11.0. The van der Waals surface area contributed by atoms with E-state index in [9.17, 15) is 9.59 Å². The van der Waals surface area contributed by atoms with E-state index in [4.69, 9.17) is 19.8 Å². The summed E-state index contributed by atoms with van der Waals surface area (Å²) >= 11 is 2.54. The van der Waals surface area contributed by atoms with Gasteiger partial charge in [-0.1, -0.05) is 54.6 Å². The summed E-state index contributed by atoms with van der Waals surface area (Å²) in [6.45, 7) is 1.17. The monoisotopic (exact) mass is 503 g/mol. The van der Waals surface area contributed by atoms with Crippen LogP contribution in [0, 0.1) is 0 Å². The molecular weight excluding hydrogens is 474 g/mol. The molecule has 0 atom stereocenters. The van der Waals surface area contributed by atoms with Crippen molar-refractivity contribution < 1.29 is 30.5 Å². The number of hydrogen-bond donors (Lipinski definition) is 2. The topological polar surface area (TPSA) is 130 Å². The molecule has 4 rings (SSSR count). The number of ether oxygens (including phenoxy) is 2. The molecule has 34 heavy (non-hydrogen) atoms. The van der Waals surface area contributed by atoms with Crippen LogP contribution in [0.15, 0.2) is 66.7 Å². The first-order chi connectivity index (χ1) is 16.0. The fourth-order valence-electron chi connectivity index (χ4n) is 3.20. The zero-order chi connectivity index (χ0) is 23.6. The molecule has 1 heterocycles. The largest absolute Gasteiger partial charge is 0.486 e. The molecule has 0 fully saturated rings. The Morgan fingerprint density at radius 1 is 0.882 bits per heavy atom. The van der Waals surface area contributed by atoms with E-state index in [1.165, 1.54) is 5.56 Å². The van der Waals surface area contributed by atoms with Crippen LogP contribution < -0.4 is 15.2 Å². The fourth-order valence-corrected chi connectivity index (χ4v) is 4.16. The number of Topliss-reactive ketones (excluding diaryl/α,β-unsaturated/α-hetero) is 1. The summed E-state index contributed by atoms with van der Waals surface area (Å²) in [6.07, 6.45) is 1.60. The summed E-state index contributed by atoms with van der Waals surface area (Å²) in [5.74, 6) is 1.69. The molecule has 0 aliphatic carbocycles. The van der Waals surface area contributed by atoms with Gasteiger partial charge in [0.05, 0.1) is 0 Å². The van der Waals surface area contributed by atoms with Gasteiger partial charge in [0, 0.05) is 24.8 Å². The van der Waals surface area contributed by atoms with E-state index in [2.05, 4.69) is 24.3 Å². The quantitative estimate of drug-likeness (QED) is 0.276. The SMILES string of the molecule is CSO.NC(=O)C(=O)c1ccc(CSCc2ccc(-c3ccc4c(c3)OCCO4)cc2)cc1.O.[HH]. The Balaban J connectivity index is 0.00000117. The normalized spacial score (nSPS) is 11.5. The molecule has 5 N–H and O–H groups in total. The van der Waals surface area contributed by atoms with Gasteiger partial charge in [0.25, 0.3) is 5.91 Å². The second-order valence-corrected chi connectivity index (χ2v) is 8.47. The third-order valence-corrected chi connectivity index (χ3v) is 5.88. The van der Waals surface area contributed by atoms with Crippen LogP contribution in [0.5, 0.6) is 11.5 Å². The first-order valence-electron chi connectivity index (χ1n) is 10.2. The number of primary amides is 1. The Morgan fingerprint density at radius 3 is 1.94 bits per heavy atom. The molecule has 7 nitrogen and oxygen atoms in total. The molecule has 182 valence electrons. The molecule has 3 aromatic carbocycles. The highest BCUT2D eigenvalue weighted by molar-refractivity contribution is 7.97. The van der Waals surface area contributed by atoms with Gasteiger partial charge in [0.2, 0.25) is 5.78 Å². The molecule has 3 aromatic rings. The van der Waals surface area contributed by atoms with Crippen LogP contribution in [-0.4, -0.2) is 41.2 Å². The number of hydrogen-bond acceptors (Lipinski definition) is 7. The minimum atomic E-state index is -0.934. The second-order valence-electron chi connectivity index (χ2n) is 7.12. The number of amides is 1. The smallest absolute Gasteiger partial charge is 0.289 e. The van der Waals surface area contributed by atoms with Gasteiger partial charge >= 0.3 is 0 Å². The first-order valence-corrected chi connectivity index (χ1v) is 12.5. The van der Waals surface area contributed by atoms with Crippen molar-refractivity contribution in [3.8, 4) is 22.6 Å². The zero-order valence-corrected chi connectivity index (χ0v) is 20.3. The van der Waals surface area contributed by atoms with Crippen LogP contribution in [0.4, 0.5) is 0 Å². The van der Waals surface area contributed by atoms with E-state index >= 15 is 0 Å². The minimum absolute atomic E-state index is 0. The van der Waals surface area contributed by atoms with Gasteiger partial charge in [-0.25, -0.2) is 0 Å². The van der Waals surface area contributed by atoms with Gasteiger partial charge in [0.15, 0.2) is 11.5 Å². The van der Waals surface area contributed by atoms with Crippen LogP contribution in [0.2, 0.25) is 0 Å². The third-order valence-electron chi connectivity index (χ3n) is 4.81. The molecule has 0 aromatic heterocycles. The molecule has 0 saturated heterocycles. The average molecular weight is 504 g/mol. The molecule has 9 heteroatoms. The lowest BCUT2D eigenvalue weighted by atomic mass is 10.0. The van der Waals surface area contributed by atoms with Gasteiger partial charge < -0.3 is 25.2 Å². The maximum absolute atomic E-state index is 11.6. The van der Waals surface area contributed by atoms with Crippen molar-refractivity contribution in [2.45, 2.75) is 11.5 Å². The van der Waals surface area contributed by atoms with E-state index in [1.807, 2.05) is 30.3 Å². The van der Waals surface area contributed by atoms with E-state index < -0.39 is 11.7 Å². The maximum Gasteiger partial charge on any atom is 0.289 e. The maximum atomic E-state index is 11.6. The number of fused-ring (bicyclic) bond motifs is 1. The van der Waals surface area contributed by atoms with E-state index in [-0.39, 0.29) is 6.90 Å². The number of rotatable bonds is 7. The molecular formula is C25H29NO6S2. The molecule has 1 amide bonds. The Labute approximate surface area is 208 Å². The Morgan fingerprint density at radius 2 is 1.38 bits per heavy atom. The van der Waals surface area contributed by atoms with Gasteiger partial charge in [0.1, 0.15) is 13.2 Å². The summed E-state index contributed by atoms with van der Waals surface area (Å²) in [5, 5.41) is 0. The lowest BCUT2D eigenvalue weighted by molar-refractivity contribution is -0.114. The lowest BCUT2D eigenvalue weighted by Crippen LogP contribution is -2.22. The highest BCUT2D eigenvalue weighted by Crippen LogP contribution is 2.34. The van der Waals surface area contributed by atoms with Gasteiger partial charge in [-0.3, -0.25) is 9.59 Å². The van der Waals surface area contributed by atoms with Crippen LogP contribution in [0.3, 0.4) is 0 Å². The summed E-state index contributed by atoms with van der Waals surface area (Å²) in [6, 6.07) is 21.5. The van der Waals surface area contributed by atoms with Crippen LogP contribution in [0.1, 0.15) is 22.9 Å². The third kappa shape index (κ3) is 7.53. The average Bonchev–Trinajstić information content (AvgIpc) is 2.84. The molecule has 0 radical (unpaired) electrons. The summed E-state index contributed by atoms with van der Waals surface area (Å²) in [5.41, 5.74) is 9.91. The predicted octanol–water partition coefficient (Wildman–Crippen LogP) is 4.47. The van der Waals surface area contributed by atoms with Gasteiger partial charge in [-0.15, -0.1) is 0 Å². The highest BCUT2D eigenvalue weighted by atomic mass is 32.2. The summed E-state index contributed by atoms with van der Waals surface area (Å²) < 4.78 is 18.7. The molecule has 1 aliphatic rings. The molecule has 0 spiro atoms. The van der Waals surface area contributed by atoms with Crippen LogP contribution in [-0.2, 0) is 16.3 Å². The standard InChI is InChI=1S/C24H21NO4S.CH4OS.H2O.H2/c25-24(27)23(26)19-7-3-17(4-8-19)15-30-14-16-1-5-18(6-2-16)20-9-10-21-22(13-20)29-12-11-28-21;1-3-2;;/h1-10,13H,11-12,14-15H2,(H2,25,27);2H,1H3;1H2;1H. The van der Waals surface area contributed by atoms with Crippen molar-refractivity contribution in [1.82, 2.24) is 0 Å². The van der Waals surface area contributed by atoms with E-state index in [0.29, 0.717) is 18.8 Å². The van der Waals surface area contributed by atoms with Crippen LogP contribution in [0.25, 0.3) is 11.1 Å². The van der Waals surface area contributed by atoms with Gasteiger partial charge in [-0.2, -0.15) is 11.8 Å². The lowest BCUT2D eigenvalue weighted by Gasteiger charge is -2.19. The number of benzene rings is 3. The van der Waals surface area contributed by atoms with Crippen molar-refractivity contribution in [3.05, 3.63) is 83.4 Å². The predicted molar refractivity (Wildman–Crippen MR) is 140 cm³/mol. The second kappa shape index (κ2) is 13.7. The van der Waals surface area contributed by atoms with Crippen LogP contribution >= 0.6 is 23.8 Å². The first kappa shape index (κ1) is 27.3. The van der Waals surface area contributed by atoms with Crippen molar-refractivity contribution in [2.75, 3.05) is 19.5 Å². The molecule has 0 unspecified atom stereocenters. The fraction of sp³-hybridized carbons (Fsp3) is 0.200. The van der Waals surface area contributed by atoms with Crippen molar-refractivity contribution in [2.24, 2.45) is 5.73 Å². The number of carbonyl (C=O) groups is 2. The Hall–Kier alpha value is -2.98. The number of nitrogens with two attached hydrogens (primary N) is 1. The van der Waals surface area contributed by atoms with E-state index in [1.54, 1.807) is 30.2 Å². The van der Waals surface area contributed by atoms with Crippen molar-refractivity contribution in [1.29, 1.82) is 0 Å². The minimum Gasteiger partial charge on any atom is -0.486 e. The van der Waals surface area contributed by atoms with Crippen molar-refractivity contribution >= 4 is 35.5 Å². The highest BCUT2D eigenvalue weighted by Gasteiger charge is 2.13. The zero-order valence-electron chi connectivity index (χ0n) is 18.7. The number of ketones is 1. The van der Waals surface area contributed by atoms with Gasteiger partial charge in [-0.05, 0) is 46.4 Å². The van der Waals surface area contributed by atoms with E-state index in [0.717, 1.165) is 51.7 Å². The molecule has 0 saturated carbocycles. The summed E-state index contributed by atoms with van der Waals surface area (Å²) in [4.78, 5) is 22.5. The molecule has 0 bridgehead atoms. The Bertz CT molecular complexity index is 1090. The summed E-state index contributed by atoms with van der Waals surface area (Å²) in [7, 11) is 0. The number of carbonyl (C=O) groups excluding carboxylic acids is 2. The molecule has 1 aliphatic heterocycles. The number of thioether (sulfide) groups is 1. The van der Waals surface area contributed by atoms with Crippen molar-refractivity contribution in [3.63, 3.8) is 0 Å².